The average molecular weight is 359 g/mol. The van der Waals surface area contributed by atoms with Crippen LogP contribution in [0.2, 0.25) is 0 Å². The highest BCUT2D eigenvalue weighted by Crippen LogP contribution is 2.25. The van der Waals surface area contributed by atoms with Crippen molar-refractivity contribution in [2.75, 3.05) is 5.32 Å². The highest BCUT2D eigenvalue weighted by molar-refractivity contribution is 9.10. The fraction of sp³-hybridized carbons (Fsp3) is 0. The SMILES string of the molecule is O=C(Nc1cccc2ncccc12)c1cc(S)ccc1Br. The van der Waals surface area contributed by atoms with Crippen LogP contribution < -0.4 is 5.32 Å². The van der Waals surface area contributed by atoms with E-state index in [4.69, 9.17) is 0 Å². The Labute approximate surface area is 135 Å². The second kappa shape index (κ2) is 5.87. The van der Waals surface area contributed by atoms with Crippen molar-refractivity contribution in [1.82, 2.24) is 4.98 Å². The molecule has 0 spiro atoms. The summed E-state index contributed by atoms with van der Waals surface area (Å²) in [6.45, 7) is 0. The first-order valence-electron chi connectivity index (χ1n) is 6.29. The van der Waals surface area contributed by atoms with Gasteiger partial charge in [0.2, 0.25) is 0 Å². The van der Waals surface area contributed by atoms with Gasteiger partial charge in [-0.25, -0.2) is 0 Å². The van der Waals surface area contributed by atoms with E-state index in [-0.39, 0.29) is 5.91 Å². The predicted octanol–water partition coefficient (Wildman–Crippen LogP) is 4.54. The van der Waals surface area contributed by atoms with Crippen molar-refractivity contribution in [1.29, 1.82) is 0 Å². The molecule has 0 saturated carbocycles. The lowest BCUT2D eigenvalue weighted by molar-refractivity contribution is 0.102. The molecule has 0 aliphatic rings. The number of fused-ring (bicyclic) bond motifs is 1. The largest absolute Gasteiger partial charge is 0.321 e. The zero-order chi connectivity index (χ0) is 14.8. The summed E-state index contributed by atoms with van der Waals surface area (Å²) in [5, 5.41) is 3.84. The Morgan fingerprint density at radius 1 is 1.14 bits per heavy atom. The lowest BCUT2D eigenvalue weighted by Gasteiger charge is -2.10. The Hall–Kier alpha value is -1.85. The number of amides is 1. The summed E-state index contributed by atoms with van der Waals surface area (Å²) in [6.07, 6.45) is 1.73. The van der Waals surface area contributed by atoms with E-state index in [1.807, 2.05) is 42.5 Å². The minimum atomic E-state index is -0.186. The number of aromatic nitrogens is 1. The lowest BCUT2D eigenvalue weighted by Crippen LogP contribution is -2.13. The number of hydrogen-bond donors (Lipinski definition) is 2. The quantitative estimate of drug-likeness (QED) is 0.660. The van der Waals surface area contributed by atoms with Crippen molar-refractivity contribution in [3.05, 3.63) is 64.8 Å². The van der Waals surface area contributed by atoms with Crippen LogP contribution in [0.3, 0.4) is 0 Å². The van der Waals surface area contributed by atoms with Gasteiger partial charge < -0.3 is 5.32 Å². The van der Waals surface area contributed by atoms with Crippen LogP contribution in [-0.2, 0) is 0 Å². The number of thiol groups is 1. The van der Waals surface area contributed by atoms with Crippen LogP contribution in [0, 0.1) is 0 Å². The van der Waals surface area contributed by atoms with E-state index in [9.17, 15) is 4.79 Å². The number of anilines is 1. The maximum Gasteiger partial charge on any atom is 0.256 e. The first-order chi connectivity index (χ1) is 10.1. The van der Waals surface area contributed by atoms with E-state index in [2.05, 4.69) is 38.9 Å². The second-order valence-corrected chi connectivity index (χ2v) is 5.86. The molecular formula is C16H11BrN2OS. The van der Waals surface area contributed by atoms with Gasteiger partial charge in [-0.1, -0.05) is 6.07 Å². The molecule has 5 heteroatoms. The first kappa shape index (κ1) is 14.1. The molecule has 1 heterocycles. The standard InChI is InChI=1S/C16H11BrN2OS/c17-13-7-6-10(21)9-12(13)16(20)19-15-5-1-4-14-11(15)3-2-8-18-14/h1-9,21H,(H,19,20). The minimum Gasteiger partial charge on any atom is -0.321 e. The molecule has 3 nitrogen and oxygen atoms in total. The van der Waals surface area contributed by atoms with Gasteiger partial charge >= 0.3 is 0 Å². The summed E-state index contributed by atoms with van der Waals surface area (Å²) in [5.41, 5.74) is 2.13. The van der Waals surface area contributed by atoms with Crippen molar-refractivity contribution in [3.63, 3.8) is 0 Å². The zero-order valence-corrected chi connectivity index (χ0v) is 13.4. The normalized spacial score (nSPS) is 10.6. The Balaban J connectivity index is 1.99. The van der Waals surface area contributed by atoms with Crippen LogP contribution in [0.25, 0.3) is 10.9 Å². The number of benzene rings is 2. The molecule has 0 aliphatic heterocycles. The van der Waals surface area contributed by atoms with E-state index in [1.165, 1.54) is 0 Å². The zero-order valence-electron chi connectivity index (χ0n) is 10.9. The van der Waals surface area contributed by atoms with E-state index < -0.39 is 0 Å². The van der Waals surface area contributed by atoms with Crippen molar-refractivity contribution in [2.45, 2.75) is 4.90 Å². The third-order valence-corrected chi connectivity index (χ3v) is 4.06. The van der Waals surface area contributed by atoms with Crippen LogP contribution in [0.4, 0.5) is 5.69 Å². The molecule has 0 aliphatic carbocycles. The number of carbonyl (C=O) groups is 1. The van der Waals surface area contributed by atoms with Gasteiger partial charge in [0, 0.05) is 21.0 Å². The Morgan fingerprint density at radius 2 is 2.00 bits per heavy atom. The number of halogens is 1. The molecule has 0 fully saturated rings. The Bertz CT molecular complexity index is 830. The summed E-state index contributed by atoms with van der Waals surface area (Å²) in [6, 6.07) is 14.8. The maximum atomic E-state index is 12.4. The smallest absolute Gasteiger partial charge is 0.256 e. The van der Waals surface area contributed by atoms with Crippen LogP contribution >= 0.6 is 28.6 Å². The average Bonchev–Trinajstić information content (AvgIpc) is 2.50. The highest BCUT2D eigenvalue weighted by Gasteiger charge is 2.12. The predicted molar refractivity (Wildman–Crippen MR) is 91.1 cm³/mol. The van der Waals surface area contributed by atoms with E-state index in [0.717, 1.165) is 26.0 Å². The molecule has 1 aromatic heterocycles. The van der Waals surface area contributed by atoms with E-state index in [1.54, 1.807) is 12.3 Å². The molecule has 0 radical (unpaired) electrons. The summed E-state index contributed by atoms with van der Waals surface area (Å²) in [5.74, 6) is -0.186. The topological polar surface area (TPSA) is 42.0 Å². The molecule has 0 bridgehead atoms. The number of hydrogen-bond acceptors (Lipinski definition) is 3. The molecule has 21 heavy (non-hydrogen) atoms. The molecule has 1 N–H and O–H groups in total. The molecule has 3 aromatic rings. The van der Waals surface area contributed by atoms with Gasteiger partial charge in [0.15, 0.2) is 0 Å². The minimum absolute atomic E-state index is 0.186. The molecule has 2 aromatic carbocycles. The van der Waals surface area contributed by atoms with E-state index >= 15 is 0 Å². The van der Waals surface area contributed by atoms with Crippen LogP contribution in [0.5, 0.6) is 0 Å². The second-order valence-electron chi connectivity index (χ2n) is 4.49. The summed E-state index contributed by atoms with van der Waals surface area (Å²) >= 11 is 7.66. The van der Waals surface area contributed by atoms with E-state index in [0.29, 0.717) is 5.56 Å². The number of nitrogens with one attached hydrogen (secondary N) is 1. The van der Waals surface area contributed by atoms with Gasteiger partial charge in [0.05, 0.1) is 16.8 Å². The summed E-state index contributed by atoms with van der Waals surface area (Å²) in [7, 11) is 0. The fourth-order valence-electron chi connectivity index (χ4n) is 2.09. The number of nitrogens with zero attached hydrogens (tertiary/aromatic N) is 1. The lowest BCUT2D eigenvalue weighted by atomic mass is 10.1. The van der Waals surface area contributed by atoms with Crippen LogP contribution in [0.1, 0.15) is 10.4 Å². The molecular weight excluding hydrogens is 348 g/mol. The summed E-state index contributed by atoms with van der Waals surface area (Å²) in [4.78, 5) is 17.5. The molecule has 0 atom stereocenters. The van der Waals surface area contributed by atoms with Crippen LogP contribution in [-0.4, -0.2) is 10.9 Å². The highest BCUT2D eigenvalue weighted by atomic mass is 79.9. The molecule has 1 amide bonds. The van der Waals surface area contributed by atoms with Gasteiger partial charge in [0.1, 0.15) is 0 Å². The molecule has 104 valence electrons. The van der Waals surface area contributed by atoms with Crippen molar-refractivity contribution in [3.8, 4) is 0 Å². The third kappa shape index (κ3) is 2.94. The molecule has 3 rings (SSSR count). The number of carbonyl (C=O) groups excluding carboxylic acids is 1. The monoisotopic (exact) mass is 358 g/mol. The first-order valence-corrected chi connectivity index (χ1v) is 7.53. The molecule has 0 saturated heterocycles. The van der Waals surface area contributed by atoms with Gasteiger partial charge in [-0.05, 0) is 58.4 Å². The third-order valence-electron chi connectivity index (χ3n) is 3.09. The Kier molecular flexibility index (Phi) is 3.94. The Morgan fingerprint density at radius 3 is 2.86 bits per heavy atom. The number of rotatable bonds is 2. The van der Waals surface area contributed by atoms with Gasteiger partial charge in [-0.15, -0.1) is 12.6 Å². The maximum absolute atomic E-state index is 12.4. The molecule has 0 unspecified atom stereocenters. The van der Waals surface area contributed by atoms with Crippen molar-refractivity contribution < 1.29 is 4.79 Å². The van der Waals surface area contributed by atoms with Gasteiger partial charge in [0.25, 0.3) is 5.91 Å². The van der Waals surface area contributed by atoms with Crippen molar-refractivity contribution in [2.24, 2.45) is 0 Å². The summed E-state index contributed by atoms with van der Waals surface area (Å²) < 4.78 is 0.733. The number of pyridine rings is 1. The van der Waals surface area contributed by atoms with Gasteiger partial charge in [-0.3, -0.25) is 9.78 Å². The van der Waals surface area contributed by atoms with Crippen molar-refractivity contribution >= 4 is 51.1 Å². The van der Waals surface area contributed by atoms with Gasteiger partial charge in [-0.2, -0.15) is 0 Å². The fourth-order valence-corrected chi connectivity index (χ4v) is 2.72. The van der Waals surface area contributed by atoms with Crippen LogP contribution in [0.15, 0.2) is 64.1 Å².